The first-order valence-corrected chi connectivity index (χ1v) is 6.02. The van der Waals surface area contributed by atoms with Crippen LogP contribution in [0.5, 0.6) is 0 Å². The highest BCUT2D eigenvalue weighted by Crippen LogP contribution is 2.50. The van der Waals surface area contributed by atoms with Gasteiger partial charge in [-0.1, -0.05) is 6.42 Å². The van der Waals surface area contributed by atoms with Gasteiger partial charge in [0.15, 0.2) is 0 Å². The first kappa shape index (κ1) is 9.40. The summed E-state index contributed by atoms with van der Waals surface area (Å²) >= 11 is 0. The number of hydrogen-bond acceptors (Lipinski definition) is 2. The van der Waals surface area contributed by atoms with E-state index in [1.165, 1.54) is 44.5 Å². The minimum Gasteiger partial charge on any atom is -0.316 e. The van der Waals surface area contributed by atoms with Gasteiger partial charge in [0.25, 0.3) is 0 Å². The maximum Gasteiger partial charge on any atom is 0.0492 e. The van der Waals surface area contributed by atoms with Gasteiger partial charge in [-0.3, -0.25) is 4.68 Å². The molecule has 1 aromatic rings. The molecule has 0 amide bonds. The Kier molecular flexibility index (Phi) is 2.09. The van der Waals surface area contributed by atoms with E-state index in [1.54, 1.807) is 0 Å². The van der Waals surface area contributed by atoms with Gasteiger partial charge in [0.05, 0.1) is 0 Å². The molecule has 82 valence electrons. The molecule has 3 nitrogen and oxygen atoms in total. The predicted octanol–water partition coefficient (Wildman–Crippen LogP) is 1.45. The van der Waals surface area contributed by atoms with Gasteiger partial charge < -0.3 is 5.32 Å². The average molecular weight is 205 g/mol. The third-order valence-electron chi connectivity index (χ3n) is 4.42. The van der Waals surface area contributed by atoms with Crippen molar-refractivity contribution in [3.63, 3.8) is 0 Å². The molecule has 1 unspecified atom stereocenters. The summed E-state index contributed by atoms with van der Waals surface area (Å²) in [6, 6.07) is 2.22. The number of aryl methyl sites for hydroxylation is 1. The molecule has 1 atom stereocenters. The van der Waals surface area contributed by atoms with E-state index >= 15 is 0 Å². The lowest BCUT2D eigenvalue weighted by atomic mass is 9.59. The highest BCUT2D eigenvalue weighted by molar-refractivity contribution is 5.23. The van der Waals surface area contributed by atoms with Gasteiger partial charge in [-0.2, -0.15) is 5.10 Å². The van der Waals surface area contributed by atoms with Crippen LogP contribution in [0.15, 0.2) is 12.3 Å². The number of nitrogens with zero attached hydrogens (tertiary/aromatic N) is 2. The fourth-order valence-electron chi connectivity index (χ4n) is 3.42. The molecule has 3 rings (SSSR count). The van der Waals surface area contributed by atoms with Crippen LogP contribution < -0.4 is 5.32 Å². The zero-order valence-electron chi connectivity index (χ0n) is 9.37. The fraction of sp³-hybridized carbons (Fsp3) is 0.750. The molecule has 15 heavy (non-hydrogen) atoms. The summed E-state index contributed by atoms with van der Waals surface area (Å²) in [6.45, 7) is 2.40. The molecule has 1 aliphatic heterocycles. The Bertz CT molecular complexity index is 346. The minimum absolute atomic E-state index is 0.453. The Morgan fingerprint density at radius 1 is 1.53 bits per heavy atom. The normalized spacial score (nSPS) is 29.0. The van der Waals surface area contributed by atoms with Crippen molar-refractivity contribution in [1.82, 2.24) is 15.1 Å². The van der Waals surface area contributed by atoms with Crippen molar-refractivity contribution in [1.29, 1.82) is 0 Å². The Labute approximate surface area is 90.9 Å². The van der Waals surface area contributed by atoms with E-state index in [-0.39, 0.29) is 0 Å². The highest BCUT2D eigenvalue weighted by atomic mass is 15.3. The summed E-state index contributed by atoms with van der Waals surface area (Å²) in [4.78, 5) is 0. The van der Waals surface area contributed by atoms with Crippen LogP contribution in [0.2, 0.25) is 0 Å². The minimum atomic E-state index is 0.453. The van der Waals surface area contributed by atoms with Crippen LogP contribution in [-0.2, 0) is 12.5 Å². The standard InChI is InChI=1S/C12H19N3/c1-15-11(4-8-14-15)12(5-2-6-12)10-3-7-13-9-10/h4,8,10,13H,2-3,5-7,9H2,1H3. The van der Waals surface area contributed by atoms with Crippen LogP contribution >= 0.6 is 0 Å². The second kappa shape index (κ2) is 3.34. The predicted molar refractivity (Wildman–Crippen MR) is 59.7 cm³/mol. The zero-order chi connectivity index (χ0) is 10.3. The highest BCUT2D eigenvalue weighted by Gasteiger charge is 2.47. The monoisotopic (exact) mass is 205 g/mol. The lowest BCUT2D eigenvalue weighted by Crippen LogP contribution is -2.44. The van der Waals surface area contributed by atoms with E-state index in [0.29, 0.717) is 5.41 Å². The van der Waals surface area contributed by atoms with Crippen LogP contribution in [0.3, 0.4) is 0 Å². The molecule has 2 heterocycles. The molecular formula is C12H19N3. The molecule has 0 aromatic carbocycles. The first-order chi connectivity index (χ1) is 7.33. The van der Waals surface area contributed by atoms with E-state index in [0.717, 1.165) is 5.92 Å². The van der Waals surface area contributed by atoms with E-state index in [2.05, 4.69) is 28.2 Å². The van der Waals surface area contributed by atoms with E-state index < -0.39 is 0 Å². The topological polar surface area (TPSA) is 29.9 Å². The molecule has 0 bridgehead atoms. The molecule has 1 saturated carbocycles. The third-order valence-corrected chi connectivity index (χ3v) is 4.42. The molecule has 2 fully saturated rings. The Morgan fingerprint density at radius 3 is 2.87 bits per heavy atom. The Balaban J connectivity index is 1.95. The quantitative estimate of drug-likeness (QED) is 0.792. The van der Waals surface area contributed by atoms with Gasteiger partial charge in [-0.25, -0.2) is 0 Å². The Morgan fingerprint density at radius 2 is 2.40 bits per heavy atom. The van der Waals surface area contributed by atoms with Crippen molar-refractivity contribution in [3.05, 3.63) is 18.0 Å². The molecule has 1 N–H and O–H groups in total. The SMILES string of the molecule is Cn1nccc1C1(C2CCNC2)CCC1. The van der Waals surface area contributed by atoms with Gasteiger partial charge in [-0.05, 0) is 44.3 Å². The van der Waals surface area contributed by atoms with Crippen LogP contribution in [0.1, 0.15) is 31.4 Å². The summed E-state index contributed by atoms with van der Waals surface area (Å²) in [5, 5.41) is 7.83. The van der Waals surface area contributed by atoms with Crippen LogP contribution in [0, 0.1) is 5.92 Å². The van der Waals surface area contributed by atoms with E-state index in [1.807, 2.05) is 6.20 Å². The summed E-state index contributed by atoms with van der Waals surface area (Å²) in [5.41, 5.74) is 1.91. The summed E-state index contributed by atoms with van der Waals surface area (Å²) in [5.74, 6) is 0.835. The molecular weight excluding hydrogens is 186 g/mol. The lowest BCUT2D eigenvalue weighted by molar-refractivity contribution is 0.145. The first-order valence-electron chi connectivity index (χ1n) is 6.02. The molecule has 1 aromatic heterocycles. The van der Waals surface area contributed by atoms with Gasteiger partial charge in [0, 0.05) is 24.4 Å². The van der Waals surface area contributed by atoms with E-state index in [4.69, 9.17) is 0 Å². The lowest BCUT2D eigenvalue weighted by Gasteiger charge is -2.46. The van der Waals surface area contributed by atoms with E-state index in [9.17, 15) is 0 Å². The van der Waals surface area contributed by atoms with Gasteiger partial charge in [0.2, 0.25) is 0 Å². The van der Waals surface area contributed by atoms with Crippen LogP contribution in [-0.4, -0.2) is 22.9 Å². The van der Waals surface area contributed by atoms with Crippen molar-refractivity contribution in [3.8, 4) is 0 Å². The third kappa shape index (κ3) is 1.26. The molecule has 3 heteroatoms. The van der Waals surface area contributed by atoms with Crippen LogP contribution in [0.4, 0.5) is 0 Å². The number of nitrogens with one attached hydrogen (secondary N) is 1. The van der Waals surface area contributed by atoms with Gasteiger partial charge in [0.1, 0.15) is 0 Å². The molecule has 0 radical (unpaired) electrons. The van der Waals surface area contributed by atoms with Crippen molar-refractivity contribution in [2.24, 2.45) is 13.0 Å². The van der Waals surface area contributed by atoms with Crippen molar-refractivity contribution in [2.75, 3.05) is 13.1 Å². The summed E-state index contributed by atoms with van der Waals surface area (Å²) in [7, 11) is 2.08. The number of aromatic nitrogens is 2. The smallest absolute Gasteiger partial charge is 0.0492 e. The van der Waals surface area contributed by atoms with Crippen LogP contribution in [0.25, 0.3) is 0 Å². The average Bonchev–Trinajstić information content (AvgIpc) is 2.77. The largest absolute Gasteiger partial charge is 0.316 e. The van der Waals surface area contributed by atoms with Crippen molar-refractivity contribution >= 4 is 0 Å². The zero-order valence-corrected chi connectivity index (χ0v) is 9.37. The maximum atomic E-state index is 4.33. The molecule has 1 saturated heterocycles. The fourth-order valence-corrected chi connectivity index (χ4v) is 3.42. The number of rotatable bonds is 2. The molecule has 0 spiro atoms. The summed E-state index contributed by atoms with van der Waals surface area (Å²) in [6.07, 6.45) is 7.39. The summed E-state index contributed by atoms with van der Waals surface area (Å²) < 4.78 is 2.08. The van der Waals surface area contributed by atoms with Crippen molar-refractivity contribution < 1.29 is 0 Å². The second-order valence-corrected chi connectivity index (χ2v) is 5.04. The Hall–Kier alpha value is -0.830. The molecule has 1 aliphatic carbocycles. The molecule has 2 aliphatic rings. The van der Waals surface area contributed by atoms with Gasteiger partial charge >= 0.3 is 0 Å². The maximum absolute atomic E-state index is 4.33. The number of hydrogen-bond donors (Lipinski definition) is 1. The second-order valence-electron chi connectivity index (χ2n) is 5.04. The van der Waals surface area contributed by atoms with Gasteiger partial charge in [-0.15, -0.1) is 0 Å². The van der Waals surface area contributed by atoms with Crippen molar-refractivity contribution in [2.45, 2.75) is 31.1 Å².